The topological polar surface area (TPSA) is 12.0 Å². The Hall–Kier alpha value is -1.60. The zero-order valence-corrected chi connectivity index (χ0v) is 12.4. The van der Waals surface area contributed by atoms with Gasteiger partial charge in [-0.05, 0) is 55.1 Å². The summed E-state index contributed by atoms with van der Waals surface area (Å²) >= 11 is 0. The van der Waals surface area contributed by atoms with E-state index in [-0.39, 0.29) is 0 Å². The molecule has 0 saturated heterocycles. The molecule has 2 rings (SSSR count). The largest absolute Gasteiger partial charge is 0.313 e. The molecule has 0 spiro atoms. The van der Waals surface area contributed by atoms with Crippen LogP contribution in [0.4, 0.5) is 0 Å². The second-order valence-electron chi connectivity index (χ2n) is 5.25. The van der Waals surface area contributed by atoms with Crippen molar-refractivity contribution in [2.24, 2.45) is 0 Å². The standard InChI is InChI=1S/C18H23N/c1-5-19-12-16-6-8-17(9-7-16)18-14(3)10-13(2)11-15(18)4/h6-11,19H,5,12H2,1-4H3. The number of benzene rings is 2. The molecule has 19 heavy (non-hydrogen) atoms. The maximum atomic E-state index is 3.35. The maximum Gasteiger partial charge on any atom is 0.0205 e. The van der Waals surface area contributed by atoms with Gasteiger partial charge in [0.1, 0.15) is 0 Å². The first-order valence-corrected chi connectivity index (χ1v) is 6.99. The van der Waals surface area contributed by atoms with Crippen LogP contribution in [-0.2, 0) is 6.54 Å². The van der Waals surface area contributed by atoms with Gasteiger partial charge >= 0.3 is 0 Å². The fourth-order valence-electron chi connectivity index (χ4n) is 2.69. The van der Waals surface area contributed by atoms with Crippen LogP contribution in [0.5, 0.6) is 0 Å². The Morgan fingerprint density at radius 1 is 0.895 bits per heavy atom. The molecule has 0 aromatic heterocycles. The first kappa shape index (κ1) is 13.8. The van der Waals surface area contributed by atoms with Gasteiger partial charge in [0.15, 0.2) is 0 Å². The van der Waals surface area contributed by atoms with E-state index in [1.54, 1.807) is 0 Å². The fourth-order valence-corrected chi connectivity index (χ4v) is 2.69. The van der Waals surface area contributed by atoms with Gasteiger partial charge in [0.2, 0.25) is 0 Å². The molecule has 0 aliphatic heterocycles. The van der Waals surface area contributed by atoms with Crippen molar-refractivity contribution in [3.8, 4) is 11.1 Å². The normalized spacial score (nSPS) is 10.7. The Morgan fingerprint density at radius 3 is 2.00 bits per heavy atom. The Labute approximate surface area is 116 Å². The van der Waals surface area contributed by atoms with Gasteiger partial charge in [-0.1, -0.05) is 48.9 Å². The number of aryl methyl sites for hydroxylation is 3. The van der Waals surface area contributed by atoms with Crippen LogP contribution in [0.1, 0.15) is 29.2 Å². The van der Waals surface area contributed by atoms with E-state index in [0.29, 0.717) is 0 Å². The van der Waals surface area contributed by atoms with Gasteiger partial charge in [0.25, 0.3) is 0 Å². The maximum absolute atomic E-state index is 3.35. The first-order valence-electron chi connectivity index (χ1n) is 6.99. The molecule has 0 heterocycles. The summed E-state index contributed by atoms with van der Waals surface area (Å²) in [5.74, 6) is 0. The van der Waals surface area contributed by atoms with Crippen LogP contribution in [0.2, 0.25) is 0 Å². The average Bonchev–Trinajstić information content (AvgIpc) is 2.36. The van der Waals surface area contributed by atoms with Gasteiger partial charge in [0, 0.05) is 6.54 Å². The van der Waals surface area contributed by atoms with E-state index in [1.807, 2.05) is 0 Å². The highest BCUT2D eigenvalue weighted by Gasteiger charge is 2.06. The minimum Gasteiger partial charge on any atom is -0.313 e. The summed E-state index contributed by atoms with van der Waals surface area (Å²) in [6.07, 6.45) is 0. The molecule has 0 aliphatic carbocycles. The predicted molar refractivity (Wildman–Crippen MR) is 83.5 cm³/mol. The van der Waals surface area contributed by atoms with E-state index in [0.717, 1.165) is 13.1 Å². The molecule has 2 aromatic carbocycles. The molecule has 0 radical (unpaired) electrons. The van der Waals surface area contributed by atoms with E-state index in [1.165, 1.54) is 33.4 Å². The minimum atomic E-state index is 0.947. The third-order valence-corrected chi connectivity index (χ3v) is 3.50. The van der Waals surface area contributed by atoms with Gasteiger partial charge in [-0.2, -0.15) is 0 Å². The Balaban J connectivity index is 2.32. The molecule has 100 valence electrons. The molecule has 0 unspecified atom stereocenters. The summed E-state index contributed by atoms with van der Waals surface area (Å²) in [6, 6.07) is 13.4. The van der Waals surface area contributed by atoms with Crippen molar-refractivity contribution in [1.29, 1.82) is 0 Å². The number of rotatable bonds is 4. The molecule has 0 saturated carbocycles. The van der Waals surface area contributed by atoms with Crippen LogP contribution in [0.3, 0.4) is 0 Å². The van der Waals surface area contributed by atoms with Crippen molar-refractivity contribution in [2.75, 3.05) is 6.54 Å². The molecule has 1 N–H and O–H groups in total. The molecule has 0 bridgehead atoms. The van der Waals surface area contributed by atoms with Gasteiger partial charge < -0.3 is 5.32 Å². The second kappa shape index (κ2) is 6.03. The van der Waals surface area contributed by atoms with Gasteiger partial charge in [-0.25, -0.2) is 0 Å². The smallest absolute Gasteiger partial charge is 0.0205 e. The van der Waals surface area contributed by atoms with Crippen LogP contribution < -0.4 is 5.32 Å². The van der Waals surface area contributed by atoms with Crippen molar-refractivity contribution in [2.45, 2.75) is 34.2 Å². The monoisotopic (exact) mass is 253 g/mol. The van der Waals surface area contributed by atoms with Crippen molar-refractivity contribution in [1.82, 2.24) is 5.32 Å². The van der Waals surface area contributed by atoms with E-state index < -0.39 is 0 Å². The lowest BCUT2D eigenvalue weighted by Gasteiger charge is -2.12. The highest BCUT2D eigenvalue weighted by molar-refractivity contribution is 5.71. The lowest BCUT2D eigenvalue weighted by Crippen LogP contribution is -2.11. The van der Waals surface area contributed by atoms with Crippen LogP contribution in [0, 0.1) is 20.8 Å². The summed E-state index contributed by atoms with van der Waals surface area (Å²) in [7, 11) is 0. The molecule has 1 heteroatoms. The van der Waals surface area contributed by atoms with Gasteiger partial charge in [-0.15, -0.1) is 0 Å². The van der Waals surface area contributed by atoms with Crippen LogP contribution >= 0.6 is 0 Å². The van der Waals surface area contributed by atoms with Crippen molar-refractivity contribution < 1.29 is 0 Å². The van der Waals surface area contributed by atoms with Crippen LogP contribution in [-0.4, -0.2) is 6.54 Å². The molecule has 0 fully saturated rings. The minimum absolute atomic E-state index is 0.947. The summed E-state index contributed by atoms with van der Waals surface area (Å²) < 4.78 is 0. The molecule has 0 aliphatic rings. The number of nitrogens with one attached hydrogen (secondary N) is 1. The van der Waals surface area contributed by atoms with Crippen LogP contribution in [0.15, 0.2) is 36.4 Å². The van der Waals surface area contributed by atoms with Gasteiger partial charge in [0.05, 0.1) is 0 Å². The predicted octanol–water partition coefficient (Wildman–Crippen LogP) is 4.39. The molecule has 1 nitrogen and oxygen atoms in total. The van der Waals surface area contributed by atoms with Gasteiger partial charge in [-0.3, -0.25) is 0 Å². The average molecular weight is 253 g/mol. The van der Waals surface area contributed by atoms with Crippen molar-refractivity contribution >= 4 is 0 Å². The molecule has 0 amide bonds. The number of hydrogen-bond acceptors (Lipinski definition) is 1. The lowest BCUT2D eigenvalue weighted by atomic mass is 9.93. The first-order chi connectivity index (χ1) is 9.11. The van der Waals surface area contributed by atoms with E-state index in [4.69, 9.17) is 0 Å². The highest BCUT2D eigenvalue weighted by Crippen LogP contribution is 2.28. The second-order valence-corrected chi connectivity index (χ2v) is 5.25. The summed E-state index contributed by atoms with van der Waals surface area (Å²) in [5, 5.41) is 3.35. The Bertz CT molecular complexity index is 529. The quantitative estimate of drug-likeness (QED) is 0.852. The highest BCUT2D eigenvalue weighted by atomic mass is 14.8. The molecule has 0 atom stereocenters. The van der Waals surface area contributed by atoms with E-state index in [2.05, 4.69) is 69.4 Å². The third-order valence-electron chi connectivity index (χ3n) is 3.50. The zero-order valence-electron chi connectivity index (χ0n) is 12.4. The molecular weight excluding hydrogens is 230 g/mol. The third kappa shape index (κ3) is 3.24. The van der Waals surface area contributed by atoms with E-state index in [9.17, 15) is 0 Å². The fraction of sp³-hybridized carbons (Fsp3) is 0.333. The van der Waals surface area contributed by atoms with Crippen molar-refractivity contribution in [3.05, 3.63) is 58.7 Å². The molecular formula is C18H23N. The summed E-state index contributed by atoms with van der Waals surface area (Å²) in [6.45, 7) is 10.6. The summed E-state index contributed by atoms with van der Waals surface area (Å²) in [4.78, 5) is 0. The van der Waals surface area contributed by atoms with Crippen LogP contribution in [0.25, 0.3) is 11.1 Å². The SMILES string of the molecule is CCNCc1ccc(-c2c(C)cc(C)cc2C)cc1. The summed E-state index contributed by atoms with van der Waals surface area (Å²) in [5.41, 5.74) is 8.08. The lowest BCUT2D eigenvalue weighted by molar-refractivity contribution is 0.727. The Kier molecular flexibility index (Phi) is 4.39. The molecule has 2 aromatic rings. The van der Waals surface area contributed by atoms with Crippen molar-refractivity contribution in [3.63, 3.8) is 0 Å². The number of hydrogen-bond donors (Lipinski definition) is 1. The zero-order chi connectivity index (χ0) is 13.8. The van der Waals surface area contributed by atoms with E-state index >= 15 is 0 Å². The Morgan fingerprint density at radius 2 is 1.47 bits per heavy atom.